The molecule has 5 nitrogen and oxygen atoms in total. The maximum absolute atomic E-state index is 5.94. The number of allylic oxidation sites excluding steroid dienone is 9. The topological polar surface area (TPSA) is 49.2 Å². The van der Waals surface area contributed by atoms with Crippen molar-refractivity contribution in [2.75, 3.05) is 32.9 Å². The number of nitrogens with zero attached hydrogens (tertiary/aromatic N) is 3. The van der Waals surface area contributed by atoms with Crippen molar-refractivity contribution in [2.45, 2.75) is 46.0 Å². The average Bonchev–Trinajstić information content (AvgIpc) is 3.24. The standard InChI is InChI=1S/C25H37N3O.C3H5N/c1-4-6-11-23(10-5-2)20-22(3)26-21-27-24-12-9-13-25(15-14-24)29-19-18-28-16-7-8-17-28;1-3-4-2/h4,6,10-15,27H,1,5,7-9,16-21H2,2-3H3;3H,1-2H2/b11-6-,23-10+,26-22+;. The fourth-order valence-electron chi connectivity index (χ4n) is 3.42. The van der Waals surface area contributed by atoms with Crippen molar-refractivity contribution in [1.82, 2.24) is 10.2 Å². The normalized spacial score (nSPS) is 16.9. The van der Waals surface area contributed by atoms with Crippen molar-refractivity contribution in [3.63, 3.8) is 0 Å². The van der Waals surface area contributed by atoms with Gasteiger partial charge in [-0.15, -0.1) is 0 Å². The van der Waals surface area contributed by atoms with E-state index in [-0.39, 0.29) is 0 Å². The van der Waals surface area contributed by atoms with Crippen molar-refractivity contribution in [2.24, 2.45) is 9.98 Å². The minimum absolute atomic E-state index is 0.581. The van der Waals surface area contributed by atoms with Gasteiger partial charge in [0.2, 0.25) is 0 Å². The van der Waals surface area contributed by atoms with E-state index < -0.39 is 0 Å². The van der Waals surface area contributed by atoms with E-state index in [1.54, 1.807) is 6.08 Å². The summed E-state index contributed by atoms with van der Waals surface area (Å²) in [6.07, 6.45) is 23.4. The van der Waals surface area contributed by atoms with E-state index in [0.29, 0.717) is 6.67 Å². The van der Waals surface area contributed by atoms with Crippen LogP contribution in [0.1, 0.15) is 46.0 Å². The SMILES string of the molecule is C=C/C=C\C(=C/CC)C/C(C)=N/CNC1=CCC=C(OCCN2CCCC2)C=C1.C=CN=C. The van der Waals surface area contributed by atoms with Gasteiger partial charge < -0.3 is 10.1 Å². The molecule has 33 heavy (non-hydrogen) atoms. The monoisotopic (exact) mass is 450 g/mol. The summed E-state index contributed by atoms with van der Waals surface area (Å²) >= 11 is 0. The molecule has 1 aliphatic carbocycles. The van der Waals surface area contributed by atoms with Crippen molar-refractivity contribution in [3.05, 3.63) is 85.0 Å². The van der Waals surface area contributed by atoms with Crippen LogP contribution in [0.4, 0.5) is 0 Å². The highest BCUT2D eigenvalue weighted by atomic mass is 16.5. The summed E-state index contributed by atoms with van der Waals surface area (Å²) in [5.74, 6) is 0.959. The molecule has 0 saturated carbocycles. The van der Waals surface area contributed by atoms with E-state index in [1.165, 1.54) is 37.7 Å². The molecule has 0 radical (unpaired) electrons. The molecule has 180 valence electrons. The first-order chi connectivity index (χ1) is 16.1. The lowest BCUT2D eigenvalue weighted by Gasteiger charge is -2.15. The van der Waals surface area contributed by atoms with Crippen LogP contribution in [0.15, 0.2) is 95.0 Å². The van der Waals surface area contributed by atoms with Crippen molar-refractivity contribution in [3.8, 4) is 0 Å². The van der Waals surface area contributed by atoms with Crippen molar-refractivity contribution < 1.29 is 4.74 Å². The second kappa shape index (κ2) is 18.6. The van der Waals surface area contributed by atoms with E-state index >= 15 is 0 Å². The molecule has 1 heterocycles. The van der Waals surface area contributed by atoms with E-state index in [0.717, 1.165) is 49.6 Å². The molecule has 1 fully saturated rings. The summed E-state index contributed by atoms with van der Waals surface area (Å²) in [6, 6.07) is 0. The zero-order valence-corrected chi connectivity index (χ0v) is 20.6. The first-order valence-corrected chi connectivity index (χ1v) is 11.8. The fraction of sp³-hybridized carbons (Fsp3) is 0.429. The van der Waals surface area contributed by atoms with Crippen LogP contribution in [0.5, 0.6) is 0 Å². The average molecular weight is 451 g/mol. The lowest BCUT2D eigenvalue weighted by molar-refractivity contribution is 0.179. The first kappa shape index (κ1) is 28.1. The van der Waals surface area contributed by atoms with Crippen LogP contribution in [0, 0.1) is 0 Å². The highest BCUT2D eigenvalue weighted by Gasteiger charge is 2.11. The molecular weight excluding hydrogens is 408 g/mol. The molecule has 2 aliphatic rings. The number of likely N-dealkylation sites (tertiary alicyclic amines) is 1. The van der Waals surface area contributed by atoms with Gasteiger partial charge in [0.05, 0.1) is 0 Å². The number of hydrogen-bond acceptors (Lipinski definition) is 5. The maximum atomic E-state index is 5.94. The van der Waals surface area contributed by atoms with Crippen molar-refractivity contribution in [1.29, 1.82) is 0 Å². The molecule has 0 atom stereocenters. The Hall–Kier alpha value is -2.92. The molecule has 2 rings (SSSR count). The van der Waals surface area contributed by atoms with E-state index in [1.807, 2.05) is 6.08 Å². The summed E-state index contributed by atoms with van der Waals surface area (Å²) in [5.41, 5.74) is 3.49. The van der Waals surface area contributed by atoms with Crippen LogP contribution < -0.4 is 5.32 Å². The summed E-state index contributed by atoms with van der Waals surface area (Å²) in [5, 5.41) is 3.40. The molecule has 0 amide bonds. The quantitative estimate of drug-likeness (QED) is 0.271. The fourth-order valence-corrected chi connectivity index (χ4v) is 3.42. The van der Waals surface area contributed by atoms with Gasteiger partial charge in [-0.1, -0.05) is 50.5 Å². The molecule has 0 unspecified atom stereocenters. The minimum Gasteiger partial charge on any atom is -0.493 e. The van der Waals surface area contributed by atoms with E-state index in [4.69, 9.17) is 4.74 Å². The third-order valence-corrected chi connectivity index (χ3v) is 5.09. The second-order valence-electron chi connectivity index (χ2n) is 7.78. The molecule has 5 heteroatoms. The molecule has 0 bridgehead atoms. The van der Waals surface area contributed by atoms with Gasteiger partial charge in [0.25, 0.3) is 0 Å². The Kier molecular flexibility index (Phi) is 15.9. The van der Waals surface area contributed by atoms with Crippen LogP contribution in [0.25, 0.3) is 0 Å². The van der Waals surface area contributed by atoms with Gasteiger partial charge in [-0.25, -0.2) is 0 Å². The Morgan fingerprint density at radius 3 is 2.64 bits per heavy atom. The van der Waals surface area contributed by atoms with Gasteiger partial charge in [-0.05, 0) is 76.2 Å². The highest BCUT2D eigenvalue weighted by molar-refractivity contribution is 5.84. The lowest BCUT2D eigenvalue weighted by Crippen LogP contribution is -2.23. The molecule has 1 aliphatic heterocycles. The van der Waals surface area contributed by atoms with Crippen LogP contribution in [-0.2, 0) is 4.74 Å². The zero-order valence-electron chi connectivity index (χ0n) is 20.6. The van der Waals surface area contributed by atoms with Crippen LogP contribution in [-0.4, -0.2) is 50.2 Å². The third-order valence-electron chi connectivity index (χ3n) is 5.09. The second-order valence-corrected chi connectivity index (χ2v) is 7.78. The number of rotatable bonds is 13. The van der Waals surface area contributed by atoms with Crippen LogP contribution >= 0.6 is 0 Å². The number of hydrogen-bond donors (Lipinski definition) is 1. The van der Waals surface area contributed by atoms with E-state index in [9.17, 15) is 0 Å². The lowest BCUT2D eigenvalue weighted by atomic mass is 10.1. The Balaban J connectivity index is 0.00000125. The van der Waals surface area contributed by atoms with Gasteiger partial charge in [0.1, 0.15) is 19.0 Å². The van der Waals surface area contributed by atoms with Gasteiger partial charge >= 0.3 is 0 Å². The van der Waals surface area contributed by atoms with Gasteiger partial charge in [-0.2, -0.15) is 0 Å². The molecule has 0 aromatic carbocycles. The van der Waals surface area contributed by atoms with E-state index in [2.05, 4.69) is 90.4 Å². The molecular formula is C28H42N4O. The number of nitrogens with one attached hydrogen (secondary N) is 1. The maximum Gasteiger partial charge on any atom is 0.115 e. The molecule has 1 N–H and O–H groups in total. The predicted molar refractivity (Wildman–Crippen MR) is 145 cm³/mol. The highest BCUT2D eigenvalue weighted by Crippen LogP contribution is 2.12. The Morgan fingerprint density at radius 1 is 1.21 bits per heavy atom. The summed E-state index contributed by atoms with van der Waals surface area (Å²) < 4.78 is 5.94. The van der Waals surface area contributed by atoms with Crippen LogP contribution in [0.3, 0.4) is 0 Å². The third kappa shape index (κ3) is 14.0. The summed E-state index contributed by atoms with van der Waals surface area (Å²) in [6.45, 7) is 19.1. The zero-order chi connectivity index (χ0) is 24.2. The Labute approximate surface area is 201 Å². The minimum atomic E-state index is 0.581. The van der Waals surface area contributed by atoms with Gasteiger partial charge in [-0.3, -0.25) is 14.9 Å². The number of aliphatic imine (C=N–C) groups is 2. The largest absolute Gasteiger partial charge is 0.493 e. The van der Waals surface area contributed by atoms with Gasteiger partial charge in [0.15, 0.2) is 0 Å². The smallest absolute Gasteiger partial charge is 0.115 e. The molecule has 0 spiro atoms. The molecule has 1 saturated heterocycles. The molecule has 0 aromatic rings. The first-order valence-electron chi connectivity index (χ1n) is 11.8. The van der Waals surface area contributed by atoms with Crippen LogP contribution in [0.2, 0.25) is 0 Å². The number of ether oxygens (including phenoxy) is 1. The summed E-state index contributed by atoms with van der Waals surface area (Å²) in [7, 11) is 0. The molecule has 0 aromatic heterocycles. The van der Waals surface area contributed by atoms with Gasteiger partial charge in [0, 0.05) is 30.6 Å². The Bertz CT molecular complexity index is 772. The predicted octanol–water partition coefficient (Wildman–Crippen LogP) is 6.13. The summed E-state index contributed by atoms with van der Waals surface area (Å²) in [4.78, 5) is 10.4. The Morgan fingerprint density at radius 2 is 1.97 bits per heavy atom. The van der Waals surface area contributed by atoms with Crippen molar-refractivity contribution >= 4 is 12.4 Å².